The smallest absolute Gasteiger partial charge is 0.269 e. The maximum absolute atomic E-state index is 13.5. The number of nitro groups is 2. The summed E-state index contributed by atoms with van der Waals surface area (Å²) in [6.07, 6.45) is -1.16. The number of amides is 2. The van der Waals surface area contributed by atoms with Crippen molar-refractivity contribution in [2.45, 2.75) is 12.1 Å². The molecule has 3 atom stereocenters. The predicted molar refractivity (Wildman–Crippen MR) is 119 cm³/mol. The number of hydrogen-bond acceptors (Lipinski definition) is 8. The fourth-order valence-corrected chi connectivity index (χ4v) is 4.35. The van der Waals surface area contributed by atoms with E-state index >= 15 is 0 Å². The first-order valence-electron chi connectivity index (χ1n) is 10.2. The van der Waals surface area contributed by atoms with E-state index in [4.69, 9.17) is 4.84 Å². The molecule has 11 nitrogen and oxygen atoms in total. The monoisotopic (exact) mass is 460 g/mol. The molecule has 0 bridgehead atoms. The highest BCUT2D eigenvalue weighted by atomic mass is 16.7. The normalized spacial score (nSPS) is 21.6. The number of fused-ring (bicyclic) bond motifs is 1. The van der Waals surface area contributed by atoms with Crippen LogP contribution in [0, 0.1) is 26.1 Å². The molecule has 3 aromatic carbocycles. The highest BCUT2D eigenvalue weighted by Gasteiger charge is 2.60. The molecule has 2 saturated heterocycles. The fraction of sp³-hybridized carbons (Fsp3) is 0.130. The summed E-state index contributed by atoms with van der Waals surface area (Å²) in [7, 11) is 0. The Hall–Kier alpha value is -4.64. The van der Waals surface area contributed by atoms with Crippen LogP contribution in [-0.2, 0) is 14.4 Å². The maximum atomic E-state index is 13.5. The van der Waals surface area contributed by atoms with Crippen LogP contribution in [0.1, 0.15) is 11.6 Å². The average molecular weight is 460 g/mol. The number of nitro benzene ring substituents is 2. The summed E-state index contributed by atoms with van der Waals surface area (Å²) >= 11 is 0. The average Bonchev–Trinajstić information content (AvgIpc) is 3.35. The molecular weight excluding hydrogens is 444 g/mol. The topological polar surface area (TPSA) is 136 Å². The SMILES string of the molecule is O=C1[C@@H]2[C@@H](c3cccc([N+](=O)[O-])c3)N(c3ccccc3)O[C@H]2C(=O)N1c1ccc([N+](=O)[O-])cc1. The molecule has 11 heteroatoms. The summed E-state index contributed by atoms with van der Waals surface area (Å²) in [6, 6.07) is 18.9. The molecule has 0 N–H and O–H groups in total. The molecule has 0 aromatic heterocycles. The lowest BCUT2D eigenvalue weighted by Gasteiger charge is -2.28. The van der Waals surface area contributed by atoms with Gasteiger partial charge in [0.15, 0.2) is 6.10 Å². The van der Waals surface area contributed by atoms with Crippen LogP contribution in [0.15, 0.2) is 78.9 Å². The van der Waals surface area contributed by atoms with E-state index in [1.165, 1.54) is 47.5 Å². The molecule has 2 amide bonds. The van der Waals surface area contributed by atoms with E-state index in [2.05, 4.69) is 0 Å². The van der Waals surface area contributed by atoms with Crippen LogP contribution in [0.3, 0.4) is 0 Å². The number of rotatable bonds is 5. The third kappa shape index (κ3) is 3.35. The Bertz CT molecular complexity index is 1310. The maximum Gasteiger partial charge on any atom is 0.269 e. The van der Waals surface area contributed by atoms with E-state index < -0.39 is 39.7 Å². The number of anilines is 2. The molecular formula is C23H16N4O7. The standard InChI is InChI=1S/C23H16N4O7/c28-22-19-20(14-5-4-8-18(13-14)27(32)33)25(16-6-2-1-3-7-16)34-21(19)23(29)24(22)15-9-11-17(12-10-15)26(30)31/h1-13,19-21H/t19-,20-,21-/m1/s1. The Balaban J connectivity index is 1.57. The first kappa shape index (κ1) is 21.2. The second-order valence-corrected chi connectivity index (χ2v) is 7.80. The zero-order chi connectivity index (χ0) is 24.0. The van der Waals surface area contributed by atoms with E-state index in [9.17, 15) is 29.8 Å². The molecule has 34 heavy (non-hydrogen) atoms. The minimum atomic E-state index is -1.16. The number of carbonyl (C=O) groups excluding carboxylic acids is 2. The minimum Gasteiger partial charge on any atom is -0.273 e. The molecule has 2 heterocycles. The zero-order valence-corrected chi connectivity index (χ0v) is 17.4. The van der Waals surface area contributed by atoms with Crippen LogP contribution in [0.2, 0.25) is 0 Å². The van der Waals surface area contributed by atoms with Gasteiger partial charge in [0.2, 0.25) is 5.91 Å². The quantitative estimate of drug-likeness (QED) is 0.320. The highest BCUT2D eigenvalue weighted by Crippen LogP contribution is 2.48. The van der Waals surface area contributed by atoms with Gasteiger partial charge in [-0.15, -0.1) is 0 Å². The third-order valence-corrected chi connectivity index (χ3v) is 5.87. The van der Waals surface area contributed by atoms with Gasteiger partial charge in [0.05, 0.1) is 27.3 Å². The van der Waals surface area contributed by atoms with Gasteiger partial charge >= 0.3 is 0 Å². The van der Waals surface area contributed by atoms with Gasteiger partial charge in [-0.2, -0.15) is 0 Å². The molecule has 170 valence electrons. The zero-order valence-electron chi connectivity index (χ0n) is 17.4. The summed E-state index contributed by atoms with van der Waals surface area (Å²) < 4.78 is 0. The lowest BCUT2D eigenvalue weighted by atomic mass is 9.90. The summed E-state index contributed by atoms with van der Waals surface area (Å²) in [5, 5.41) is 23.8. The lowest BCUT2D eigenvalue weighted by Crippen LogP contribution is -2.37. The number of hydrogen-bond donors (Lipinski definition) is 0. The van der Waals surface area contributed by atoms with Crippen LogP contribution < -0.4 is 9.96 Å². The van der Waals surface area contributed by atoms with Gasteiger partial charge in [-0.1, -0.05) is 30.3 Å². The molecule has 0 radical (unpaired) electrons. The molecule has 2 aliphatic rings. The Labute approximate surface area is 192 Å². The summed E-state index contributed by atoms with van der Waals surface area (Å²) in [4.78, 5) is 54.9. The lowest BCUT2D eigenvalue weighted by molar-refractivity contribution is -0.385. The van der Waals surface area contributed by atoms with Crippen molar-refractivity contribution in [2.75, 3.05) is 9.96 Å². The molecule has 3 aromatic rings. The van der Waals surface area contributed by atoms with Crippen LogP contribution >= 0.6 is 0 Å². The second-order valence-electron chi connectivity index (χ2n) is 7.80. The third-order valence-electron chi connectivity index (χ3n) is 5.87. The molecule has 0 aliphatic carbocycles. The van der Waals surface area contributed by atoms with Gasteiger partial charge in [-0.3, -0.25) is 34.7 Å². The number of non-ortho nitro benzene ring substituents is 2. The van der Waals surface area contributed by atoms with E-state index in [-0.39, 0.29) is 17.1 Å². The largest absolute Gasteiger partial charge is 0.273 e. The number of imide groups is 1. The molecule has 0 unspecified atom stereocenters. The van der Waals surface area contributed by atoms with Crippen molar-refractivity contribution in [3.8, 4) is 0 Å². The Kier molecular flexibility index (Phi) is 5.02. The van der Waals surface area contributed by atoms with E-state index in [1.807, 2.05) is 0 Å². The van der Waals surface area contributed by atoms with Gasteiger partial charge in [-0.25, -0.2) is 9.96 Å². The number of benzene rings is 3. The highest BCUT2D eigenvalue weighted by molar-refractivity contribution is 6.24. The van der Waals surface area contributed by atoms with Gasteiger partial charge in [0, 0.05) is 24.3 Å². The number of hydroxylamine groups is 1. The number of para-hydroxylation sites is 1. The summed E-state index contributed by atoms with van der Waals surface area (Å²) in [5.74, 6) is -2.15. The van der Waals surface area contributed by atoms with Crippen LogP contribution in [0.5, 0.6) is 0 Å². The number of carbonyl (C=O) groups is 2. The van der Waals surface area contributed by atoms with Gasteiger partial charge in [0.25, 0.3) is 17.3 Å². The number of nitrogens with zero attached hydrogens (tertiary/aromatic N) is 4. The summed E-state index contributed by atoms with van der Waals surface area (Å²) in [6.45, 7) is 0. The Morgan fingerprint density at radius 1 is 0.735 bits per heavy atom. The van der Waals surface area contributed by atoms with Crippen LogP contribution in [0.4, 0.5) is 22.7 Å². The molecule has 5 rings (SSSR count). The second kappa shape index (κ2) is 8.05. The summed E-state index contributed by atoms with van der Waals surface area (Å²) in [5.41, 5.74) is 0.873. The van der Waals surface area contributed by atoms with Crippen LogP contribution in [-0.4, -0.2) is 27.8 Å². The molecule has 0 saturated carbocycles. The van der Waals surface area contributed by atoms with Crippen molar-refractivity contribution in [3.63, 3.8) is 0 Å². The molecule has 2 aliphatic heterocycles. The first-order chi connectivity index (χ1) is 16.4. The molecule has 0 spiro atoms. The molecule has 2 fully saturated rings. The van der Waals surface area contributed by atoms with E-state index in [1.54, 1.807) is 36.4 Å². The van der Waals surface area contributed by atoms with Crippen molar-refractivity contribution in [1.29, 1.82) is 0 Å². The van der Waals surface area contributed by atoms with Crippen LogP contribution in [0.25, 0.3) is 0 Å². The van der Waals surface area contributed by atoms with E-state index in [0.29, 0.717) is 11.3 Å². The van der Waals surface area contributed by atoms with Crippen molar-refractivity contribution >= 4 is 34.6 Å². The predicted octanol–water partition coefficient (Wildman–Crippen LogP) is 3.55. The minimum absolute atomic E-state index is 0.155. The van der Waals surface area contributed by atoms with Crippen molar-refractivity contribution in [1.82, 2.24) is 0 Å². The van der Waals surface area contributed by atoms with Crippen molar-refractivity contribution in [3.05, 3.63) is 105 Å². The van der Waals surface area contributed by atoms with Crippen molar-refractivity contribution in [2.24, 2.45) is 5.92 Å². The van der Waals surface area contributed by atoms with Gasteiger partial charge in [-0.05, 0) is 29.8 Å². The Morgan fingerprint density at radius 2 is 1.41 bits per heavy atom. The Morgan fingerprint density at radius 3 is 2.06 bits per heavy atom. The van der Waals surface area contributed by atoms with Gasteiger partial charge in [0.1, 0.15) is 5.92 Å². The fourth-order valence-electron chi connectivity index (χ4n) is 4.35. The van der Waals surface area contributed by atoms with Gasteiger partial charge < -0.3 is 0 Å². The first-order valence-corrected chi connectivity index (χ1v) is 10.2. The van der Waals surface area contributed by atoms with E-state index in [0.717, 1.165) is 4.90 Å². The van der Waals surface area contributed by atoms with Crippen molar-refractivity contribution < 1.29 is 24.3 Å².